The maximum atomic E-state index is 13.1. The number of esters is 4. The number of hydrogen-bond acceptors (Lipinski definition) is 15. The largest absolute Gasteiger partial charge is 0.472 e. The van der Waals surface area contributed by atoms with Gasteiger partial charge < -0.3 is 33.8 Å². The average Bonchev–Trinajstić information content (AvgIpc) is 0.907. The standard InChI is InChI=1S/C87H136O17P2/c1-5-9-13-17-21-25-29-33-36-39-40-43-45-49-52-56-60-64-68-72-85(90)98-78-83(104-87(92)74-70-66-62-58-54-50-46-42-38-35-31-27-23-19-15-11-7-3)80-102-106(95,96)100-76-81(88)75-99-105(93,94)101-79-82(103-86(91)73-69-65-61-57-53-47-32-28-24-20-16-12-8-4)77-97-84(89)71-67-63-59-55-51-48-44-41-37-34-30-26-22-18-14-10-6-2/h9-11,13-16,20-23,25-28,32-38,40,43-44,46,48-50,52,55,58-59,62,81-83,88H,5-8,12,17-19,24,29-31,39,41-42,45,47,51,53-54,56-57,60-61,63-80H2,1-4H3,(H,93,94)(H,95,96)/b13-9-,14-10-,15-11-,20-16-,25-21-,26-22-,27-23-,32-28-,36-33-,37-34-,38-35-,43-40-,48-44-,50-46-,52-49-,59-55-,62-58-. The highest BCUT2D eigenvalue weighted by atomic mass is 31.2. The molecule has 0 saturated heterocycles. The second kappa shape index (κ2) is 76.8. The summed E-state index contributed by atoms with van der Waals surface area (Å²) < 4.78 is 68.4. The molecular weight excluding hydrogens is 1380 g/mol. The van der Waals surface area contributed by atoms with E-state index in [1.54, 1.807) is 0 Å². The number of phosphoric ester groups is 2. The van der Waals surface area contributed by atoms with Gasteiger partial charge in [-0.1, -0.05) is 266 Å². The fraction of sp³-hybridized carbons (Fsp3) is 0.563. The molecule has 0 aliphatic heterocycles. The van der Waals surface area contributed by atoms with Gasteiger partial charge in [-0.25, -0.2) is 9.13 Å². The Morgan fingerprint density at radius 2 is 0.500 bits per heavy atom. The van der Waals surface area contributed by atoms with Crippen molar-refractivity contribution in [3.8, 4) is 0 Å². The Hall–Kier alpha value is -6.36. The van der Waals surface area contributed by atoms with Gasteiger partial charge in [0, 0.05) is 25.7 Å². The van der Waals surface area contributed by atoms with Crippen LogP contribution in [0.1, 0.15) is 259 Å². The first kappa shape index (κ1) is 99.6. The van der Waals surface area contributed by atoms with Gasteiger partial charge in [0.2, 0.25) is 0 Å². The zero-order valence-electron chi connectivity index (χ0n) is 65.0. The van der Waals surface area contributed by atoms with Crippen molar-refractivity contribution < 1.29 is 80.2 Å². The van der Waals surface area contributed by atoms with Crippen molar-refractivity contribution >= 4 is 39.5 Å². The van der Waals surface area contributed by atoms with Gasteiger partial charge in [0.05, 0.1) is 26.4 Å². The molecule has 0 radical (unpaired) electrons. The number of aliphatic hydroxyl groups excluding tert-OH is 1. The van der Waals surface area contributed by atoms with Crippen LogP contribution in [0.5, 0.6) is 0 Å². The summed E-state index contributed by atoms with van der Waals surface area (Å²) >= 11 is 0. The van der Waals surface area contributed by atoms with Crippen molar-refractivity contribution in [1.29, 1.82) is 0 Å². The number of hydrogen-bond donors (Lipinski definition) is 3. The lowest BCUT2D eigenvalue weighted by molar-refractivity contribution is -0.161. The van der Waals surface area contributed by atoms with Gasteiger partial charge in [0.1, 0.15) is 19.3 Å². The SMILES string of the molecule is CC/C=C\C/C=C\C/C=C\C/C=C\C/C=C\CCCCCC(=O)OCC(COP(=O)(O)OCC(O)COP(=O)(O)OCC(COC(=O)CCC/C=C\C/C=C\C/C=C\C/C=C\C/C=C\CC)OC(=O)CCCCCCC/C=C\C/C=C\CCC)OC(=O)CCC/C=C\C/C=C\C/C=C\C/C=C\C/C=C\CC. The van der Waals surface area contributed by atoms with E-state index in [0.29, 0.717) is 38.5 Å². The van der Waals surface area contributed by atoms with E-state index in [4.69, 9.17) is 37.0 Å². The van der Waals surface area contributed by atoms with E-state index in [9.17, 15) is 43.2 Å². The van der Waals surface area contributed by atoms with Crippen molar-refractivity contribution in [1.82, 2.24) is 0 Å². The minimum absolute atomic E-state index is 0.00176. The monoisotopic (exact) mass is 1510 g/mol. The maximum absolute atomic E-state index is 13.1. The highest BCUT2D eigenvalue weighted by Crippen LogP contribution is 2.45. The molecule has 19 heteroatoms. The van der Waals surface area contributed by atoms with Gasteiger partial charge in [-0.05, 0) is 173 Å². The highest BCUT2D eigenvalue weighted by molar-refractivity contribution is 7.47. The van der Waals surface area contributed by atoms with Crippen LogP contribution >= 0.6 is 15.6 Å². The van der Waals surface area contributed by atoms with Gasteiger partial charge in [-0.15, -0.1) is 0 Å². The van der Waals surface area contributed by atoms with Crippen LogP contribution in [-0.2, 0) is 65.4 Å². The lowest BCUT2D eigenvalue weighted by Crippen LogP contribution is -2.30. The molecule has 0 aliphatic carbocycles. The van der Waals surface area contributed by atoms with E-state index in [2.05, 4.69) is 210 Å². The molecule has 0 aromatic rings. The topological polar surface area (TPSA) is 237 Å². The fourth-order valence-electron chi connectivity index (χ4n) is 9.35. The van der Waals surface area contributed by atoms with Crippen molar-refractivity contribution in [3.63, 3.8) is 0 Å². The van der Waals surface area contributed by atoms with Gasteiger partial charge in [-0.2, -0.15) is 0 Å². The molecule has 5 unspecified atom stereocenters. The van der Waals surface area contributed by atoms with E-state index in [1.807, 2.05) is 24.3 Å². The van der Waals surface area contributed by atoms with Crippen LogP contribution in [0.15, 0.2) is 207 Å². The van der Waals surface area contributed by atoms with E-state index in [0.717, 1.165) is 167 Å². The molecule has 596 valence electrons. The van der Waals surface area contributed by atoms with Crippen molar-refractivity contribution in [2.75, 3.05) is 39.6 Å². The lowest BCUT2D eigenvalue weighted by atomic mass is 10.1. The number of phosphoric acid groups is 2. The first-order valence-corrected chi connectivity index (χ1v) is 42.3. The molecule has 0 aromatic heterocycles. The Morgan fingerprint density at radius 3 is 0.811 bits per heavy atom. The summed E-state index contributed by atoms with van der Waals surface area (Å²) in [5.74, 6) is -2.39. The summed E-state index contributed by atoms with van der Waals surface area (Å²) in [6.45, 7) is 4.24. The number of carbonyl (C=O) groups excluding carboxylic acids is 4. The maximum Gasteiger partial charge on any atom is 0.472 e. The molecule has 0 heterocycles. The van der Waals surface area contributed by atoms with Gasteiger partial charge in [0.15, 0.2) is 12.2 Å². The van der Waals surface area contributed by atoms with Gasteiger partial charge in [0.25, 0.3) is 0 Å². The van der Waals surface area contributed by atoms with Crippen molar-refractivity contribution in [2.45, 2.75) is 277 Å². The molecule has 0 amide bonds. The average molecular weight is 1520 g/mol. The van der Waals surface area contributed by atoms with E-state index in [-0.39, 0.29) is 25.7 Å². The number of unbranched alkanes of at least 4 members (excludes halogenated alkanes) is 11. The van der Waals surface area contributed by atoms with Gasteiger partial charge in [-0.3, -0.25) is 37.3 Å². The number of allylic oxidation sites excluding steroid dienone is 34. The normalized spacial score (nSPS) is 15.0. The Bertz CT molecular complexity index is 2830. The smallest absolute Gasteiger partial charge is 0.462 e. The quantitative estimate of drug-likeness (QED) is 0.0169. The Labute approximate surface area is 639 Å². The van der Waals surface area contributed by atoms with E-state index in [1.165, 1.54) is 0 Å². The third-order valence-electron chi connectivity index (χ3n) is 15.2. The van der Waals surface area contributed by atoms with Crippen LogP contribution in [-0.4, -0.2) is 96.7 Å². The predicted octanol–water partition coefficient (Wildman–Crippen LogP) is 23.1. The number of carbonyl (C=O) groups is 4. The lowest BCUT2D eigenvalue weighted by Gasteiger charge is -2.21. The molecule has 3 N–H and O–H groups in total. The second-order valence-electron chi connectivity index (χ2n) is 25.1. The van der Waals surface area contributed by atoms with Crippen molar-refractivity contribution in [3.05, 3.63) is 207 Å². The minimum Gasteiger partial charge on any atom is -0.462 e. The Kier molecular flexibility index (Phi) is 72.2. The Morgan fingerprint density at radius 1 is 0.274 bits per heavy atom. The molecule has 5 atom stereocenters. The summed E-state index contributed by atoms with van der Waals surface area (Å²) in [4.78, 5) is 73.0. The van der Waals surface area contributed by atoms with E-state index < -0.39 is 97.5 Å². The van der Waals surface area contributed by atoms with Crippen LogP contribution in [0.3, 0.4) is 0 Å². The van der Waals surface area contributed by atoms with Crippen LogP contribution in [0.4, 0.5) is 0 Å². The summed E-state index contributed by atoms with van der Waals surface area (Å²) in [6.07, 6.45) is 95.4. The molecule has 17 nitrogen and oxygen atoms in total. The first-order chi connectivity index (χ1) is 51.7. The first-order valence-electron chi connectivity index (χ1n) is 39.3. The highest BCUT2D eigenvalue weighted by Gasteiger charge is 2.30. The summed E-state index contributed by atoms with van der Waals surface area (Å²) in [5, 5.41) is 10.6. The zero-order chi connectivity index (χ0) is 77.4. The van der Waals surface area contributed by atoms with E-state index >= 15 is 0 Å². The molecule has 0 spiro atoms. The predicted molar refractivity (Wildman–Crippen MR) is 435 cm³/mol. The summed E-state index contributed by atoms with van der Waals surface area (Å²) in [5.41, 5.74) is 0. The van der Waals surface area contributed by atoms with Gasteiger partial charge >= 0.3 is 39.5 Å². The summed E-state index contributed by atoms with van der Waals surface area (Å²) in [6, 6.07) is 0. The molecule has 0 saturated carbocycles. The molecule has 0 fully saturated rings. The molecule has 0 bridgehead atoms. The second-order valence-corrected chi connectivity index (χ2v) is 28.1. The zero-order valence-corrected chi connectivity index (χ0v) is 66.8. The molecular formula is C87H136O17P2. The van der Waals surface area contributed by atoms with Crippen LogP contribution < -0.4 is 0 Å². The Balaban J connectivity index is 5.53. The number of rotatable bonds is 71. The third-order valence-corrected chi connectivity index (χ3v) is 17.1. The fourth-order valence-corrected chi connectivity index (χ4v) is 10.9. The third kappa shape index (κ3) is 75.9. The summed E-state index contributed by atoms with van der Waals surface area (Å²) in [7, 11) is -10.0. The number of aliphatic hydroxyl groups is 1. The van der Waals surface area contributed by atoms with Crippen LogP contribution in [0.2, 0.25) is 0 Å². The van der Waals surface area contributed by atoms with Crippen LogP contribution in [0.25, 0.3) is 0 Å². The minimum atomic E-state index is -5.02. The van der Waals surface area contributed by atoms with Crippen molar-refractivity contribution in [2.24, 2.45) is 0 Å². The molecule has 0 aliphatic rings. The molecule has 0 rings (SSSR count). The number of ether oxygens (including phenoxy) is 4. The van der Waals surface area contributed by atoms with Crippen LogP contribution in [0, 0.1) is 0 Å². The molecule has 106 heavy (non-hydrogen) atoms. The molecule has 0 aromatic carbocycles.